The molecule has 0 N–H and O–H groups in total. The molecular formula is CH4Cl4Ti. The fraction of sp³-hybridized carbons (Fsp3) is 1.00. The Morgan fingerprint density at radius 2 is 1.17 bits per heavy atom. The van der Waals surface area contributed by atoms with Crippen molar-refractivity contribution >= 4 is 40.3 Å². The Morgan fingerprint density at radius 3 is 1.17 bits per heavy atom. The first-order chi connectivity index (χ1) is 2.00. The van der Waals surface area contributed by atoms with Crippen LogP contribution in [0.25, 0.3) is 0 Å². The van der Waals surface area contributed by atoms with E-state index in [0.717, 1.165) is 0 Å². The molecule has 0 amide bonds. The summed E-state index contributed by atoms with van der Waals surface area (Å²) in [6, 6.07) is 0. The second-order valence-corrected chi connectivity index (χ2v) is 15.0. The van der Waals surface area contributed by atoms with E-state index < -0.39 is 13.4 Å². The van der Waals surface area contributed by atoms with Crippen LogP contribution in [0.2, 0.25) is 5.23 Å². The van der Waals surface area contributed by atoms with Gasteiger partial charge in [0.1, 0.15) is 0 Å². The zero-order valence-electron chi connectivity index (χ0n) is 3.04. The normalized spacial score (nSPS) is 10.0. The van der Waals surface area contributed by atoms with E-state index in [1.807, 2.05) is 0 Å². The van der Waals surface area contributed by atoms with Crippen LogP contribution in [0, 0.1) is 0 Å². The molecule has 0 radical (unpaired) electrons. The van der Waals surface area contributed by atoms with Crippen LogP contribution in [-0.4, -0.2) is 0 Å². The summed E-state index contributed by atoms with van der Waals surface area (Å²) in [7, 11) is 15.7. The molecule has 0 aliphatic carbocycles. The van der Waals surface area contributed by atoms with Crippen LogP contribution < -0.4 is 0 Å². The molecule has 0 nitrogen and oxygen atoms in total. The molecule has 0 aliphatic heterocycles. The molecule has 0 fully saturated rings. The zero-order chi connectivity index (χ0) is 4.50. The summed E-state index contributed by atoms with van der Waals surface area (Å²) < 4.78 is 0. The first kappa shape index (κ1) is 10.8. The summed E-state index contributed by atoms with van der Waals surface area (Å²) in [5.41, 5.74) is 0. The van der Waals surface area contributed by atoms with E-state index in [2.05, 4.69) is 0 Å². The average molecular weight is 206 g/mol. The van der Waals surface area contributed by atoms with Crippen LogP contribution in [0.15, 0.2) is 0 Å². The quantitative estimate of drug-likeness (QED) is 0.534. The summed E-state index contributed by atoms with van der Waals surface area (Å²) >= 11 is -2.58. The van der Waals surface area contributed by atoms with Gasteiger partial charge in [-0.15, -0.1) is 12.4 Å². The molecule has 0 aliphatic rings. The van der Waals surface area contributed by atoms with E-state index in [1.165, 1.54) is 0 Å². The molecule has 0 bridgehead atoms. The molecule has 40 valence electrons. The van der Waals surface area contributed by atoms with E-state index in [0.29, 0.717) is 0 Å². The Balaban J connectivity index is 0. The molecule has 6 heavy (non-hydrogen) atoms. The van der Waals surface area contributed by atoms with Crippen molar-refractivity contribution in [2.45, 2.75) is 5.23 Å². The molecule has 0 aromatic heterocycles. The Morgan fingerprint density at radius 1 is 1.17 bits per heavy atom. The van der Waals surface area contributed by atoms with Gasteiger partial charge < -0.3 is 0 Å². The van der Waals surface area contributed by atoms with Gasteiger partial charge in [-0.3, -0.25) is 0 Å². The molecule has 0 saturated heterocycles. The standard InChI is InChI=1S/CH3.4ClH.Ti/h1H3;4*1H;/q;;;;;+3/p-3. The van der Waals surface area contributed by atoms with Gasteiger partial charge in [-0.05, 0) is 0 Å². The zero-order valence-corrected chi connectivity index (χ0v) is 7.69. The van der Waals surface area contributed by atoms with Crippen molar-refractivity contribution in [3.8, 4) is 0 Å². The first-order valence-corrected chi connectivity index (χ1v) is 9.07. The predicted octanol–water partition coefficient (Wildman–Crippen LogP) is 3.07. The third kappa shape index (κ3) is 39.7. The second-order valence-electron chi connectivity index (χ2n) is 0.781. The van der Waals surface area contributed by atoms with Crippen LogP contribution >= 0.6 is 40.3 Å². The third-order valence-corrected chi connectivity index (χ3v) is 0. The Bertz CT molecular complexity index is 23.0. The van der Waals surface area contributed by atoms with Crippen LogP contribution in [-0.2, 0) is 13.4 Å². The Labute approximate surface area is 58.5 Å². The van der Waals surface area contributed by atoms with Gasteiger partial charge in [0, 0.05) is 0 Å². The van der Waals surface area contributed by atoms with Crippen molar-refractivity contribution in [3.05, 3.63) is 0 Å². The van der Waals surface area contributed by atoms with Gasteiger partial charge in [0.15, 0.2) is 0 Å². The van der Waals surface area contributed by atoms with Crippen molar-refractivity contribution in [2.75, 3.05) is 0 Å². The van der Waals surface area contributed by atoms with Crippen LogP contribution in [0.3, 0.4) is 0 Å². The van der Waals surface area contributed by atoms with Gasteiger partial charge in [0.05, 0.1) is 0 Å². The molecule has 0 heterocycles. The maximum atomic E-state index is 5.25. The predicted molar refractivity (Wildman–Crippen MR) is 30.7 cm³/mol. The van der Waals surface area contributed by atoms with Crippen molar-refractivity contribution in [1.82, 2.24) is 0 Å². The molecule has 0 unspecified atom stereocenters. The SMILES string of the molecule is Cl.[CH3][Ti]([Cl])([Cl])[Cl]. The van der Waals surface area contributed by atoms with Crippen LogP contribution in [0.4, 0.5) is 0 Å². The van der Waals surface area contributed by atoms with Crippen molar-refractivity contribution in [1.29, 1.82) is 0 Å². The minimum absolute atomic E-state index is 0. The summed E-state index contributed by atoms with van der Waals surface area (Å²) in [4.78, 5) is 0. The van der Waals surface area contributed by atoms with Crippen molar-refractivity contribution in [3.63, 3.8) is 0 Å². The average Bonchev–Trinajstić information content (AvgIpc) is 0.722. The summed E-state index contributed by atoms with van der Waals surface area (Å²) in [6.07, 6.45) is 0. The Kier molecular flexibility index (Phi) is 6.88. The molecule has 0 spiro atoms. The van der Waals surface area contributed by atoms with E-state index in [-0.39, 0.29) is 12.4 Å². The summed E-state index contributed by atoms with van der Waals surface area (Å²) in [6.45, 7) is 0. The Hall–Kier alpha value is 1.87. The number of halogens is 4. The fourth-order valence-electron chi connectivity index (χ4n) is 0. The number of hydrogen-bond acceptors (Lipinski definition) is 0. The molecular weight excluding hydrogens is 202 g/mol. The third-order valence-electron chi connectivity index (χ3n) is 0. The monoisotopic (exact) mass is 204 g/mol. The van der Waals surface area contributed by atoms with Crippen LogP contribution in [0.5, 0.6) is 0 Å². The maximum absolute atomic E-state index is 5.25. The molecule has 5 heteroatoms. The van der Waals surface area contributed by atoms with Crippen molar-refractivity contribution in [2.24, 2.45) is 0 Å². The van der Waals surface area contributed by atoms with Gasteiger partial charge in [0.2, 0.25) is 0 Å². The van der Waals surface area contributed by atoms with E-state index >= 15 is 0 Å². The number of hydrogen-bond donors (Lipinski definition) is 0. The minimum atomic E-state index is -2.58. The van der Waals surface area contributed by atoms with Gasteiger partial charge in [-0.1, -0.05) is 0 Å². The summed E-state index contributed by atoms with van der Waals surface area (Å²) in [5.74, 6) is 0. The molecule has 0 rings (SSSR count). The van der Waals surface area contributed by atoms with E-state index in [9.17, 15) is 0 Å². The van der Waals surface area contributed by atoms with Gasteiger partial charge in [-0.2, -0.15) is 0 Å². The fourth-order valence-corrected chi connectivity index (χ4v) is 0. The first-order valence-electron chi connectivity index (χ1n) is 1.07. The molecule has 0 aromatic carbocycles. The molecule has 0 saturated carbocycles. The van der Waals surface area contributed by atoms with Gasteiger partial charge in [0.25, 0.3) is 0 Å². The van der Waals surface area contributed by atoms with Gasteiger partial charge >= 0.3 is 46.5 Å². The topological polar surface area (TPSA) is 0 Å². The van der Waals surface area contributed by atoms with E-state index in [4.69, 9.17) is 27.9 Å². The summed E-state index contributed by atoms with van der Waals surface area (Å²) in [5, 5.41) is 1.67. The van der Waals surface area contributed by atoms with Crippen molar-refractivity contribution < 1.29 is 13.4 Å². The number of rotatable bonds is 0. The molecule has 0 aromatic rings. The van der Waals surface area contributed by atoms with Gasteiger partial charge in [-0.25, -0.2) is 0 Å². The molecule has 0 atom stereocenters. The van der Waals surface area contributed by atoms with E-state index in [1.54, 1.807) is 5.23 Å². The van der Waals surface area contributed by atoms with Crippen LogP contribution in [0.1, 0.15) is 0 Å². The second kappa shape index (κ2) is 3.83.